The van der Waals surface area contributed by atoms with Crippen LogP contribution in [0, 0.1) is 0 Å². The van der Waals surface area contributed by atoms with Crippen LogP contribution in [0.5, 0.6) is 0 Å². The van der Waals surface area contributed by atoms with Crippen LogP contribution in [0.15, 0.2) is 0 Å². The van der Waals surface area contributed by atoms with E-state index >= 15 is 0 Å². The molecule has 116 valence electrons. The fourth-order valence-electron chi connectivity index (χ4n) is 0.782. The van der Waals surface area contributed by atoms with Crippen LogP contribution in [0.25, 0.3) is 0 Å². The van der Waals surface area contributed by atoms with Crippen molar-refractivity contribution in [2.75, 3.05) is 11.5 Å². The van der Waals surface area contributed by atoms with Crippen LogP contribution in [0.1, 0.15) is 12.8 Å². The van der Waals surface area contributed by atoms with E-state index in [1.54, 1.807) is 51.1 Å². The molecule has 0 saturated carbocycles. The van der Waals surface area contributed by atoms with E-state index in [1.165, 1.54) is 0 Å². The van der Waals surface area contributed by atoms with Crippen LogP contribution in [0.3, 0.4) is 0 Å². The molecule has 0 spiro atoms. The second-order valence-corrected chi connectivity index (χ2v) is 29.9. The molecule has 0 aromatic rings. The number of hydrogen-bond acceptors (Lipinski definition) is 5. The third-order valence-electron chi connectivity index (χ3n) is 1.53. The van der Waals surface area contributed by atoms with Gasteiger partial charge >= 0.3 is 12.0 Å². The second-order valence-electron chi connectivity index (χ2n) is 3.29. The van der Waals surface area contributed by atoms with E-state index < -0.39 is 12.0 Å². The first-order valence-corrected chi connectivity index (χ1v) is 22.1. The first-order valence-electron chi connectivity index (χ1n) is 5.09. The minimum atomic E-state index is -2.41. The Bertz CT molecular complexity index is 203. The summed E-state index contributed by atoms with van der Waals surface area (Å²) < 4.78 is 0. The average Bonchev–Trinajstić information content (AvgIpc) is 2.22. The second kappa shape index (κ2) is 13.2. The van der Waals surface area contributed by atoms with Gasteiger partial charge in [0.25, 0.3) is 0 Å². The van der Waals surface area contributed by atoms with Crippen LogP contribution in [0.4, 0.5) is 0 Å². The standard InChI is InChI=1S/C6H12Cl6S5Si2/c7-18(8,9)5-1-3-13-15-17-16-14-4-2-6-19(10,11)12/h1-6H2. The summed E-state index contributed by atoms with van der Waals surface area (Å²) in [5.41, 5.74) is 0. The molecule has 0 bridgehead atoms. The van der Waals surface area contributed by atoms with Crippen LogP contribution in [-0.2, 0) is 0 Å². The Morgan fingerprint density at radius 3 is 1.26 bits per heavy atom. The molecule has 0 aliphatic rings. The van der Waals surface area contributed by atoms with Gasteiger partial charge in [-0.25, -0.2) is 0 Å². The summed E-state index contributed by atoms with van der Waals surface area (Å²) in [7, 11) is 8.87. The number of hydrogen-bond donors (Lipinski definition) is 0. The number of halogens is 6. The van der Waals surface area contributed by atoms with Gasteiger partial charge in [-0.3, -0.25) is 0 Å². The van der Waals surface area contributed by atoms with Crippen LogP contribution in [-0.4, -0.2) is 23.5 Å². The van der Waals surface area contributed by atoms with Crippen LogP contribution < -0.4 is 0 Å². The van der Waals surface area contributed by atoms with Crippen molar-refractivity contribution in [2.45, 2.75) is 24.9 Å². The van der Waals surface area contributed by atoms with Crippen molar-refractivity contribution in [1.82, 2.24) is 0 Å². The lowest BCUT2D eigenvalue weighted by Gasteiger charge is -2.06. The zero-order chi connectivity index (χ0) is 14.8. The Labute approximate surface area is 164 Å². The van der Waals surface area contributed by atoms with E-state index in [4.69, 9.17) is 66.5 Å². The van der Waals surface area contributed by atoms with Crippen molar-refractivity contribution < 1.29 is 0 Å². The molecule has 0 aliphatic heterocycles. The summed E-state index contributed by atoms with van der Waals surface area (Å²) in [5, 5.41) is 0. The number of rotatable bonds is 12. The van der Waals surface area contributed by atoms with Gasteiger partial charge in [-0.1, -0.05) is 21.6 Å². The molecule has 0 saturated heterocycles. The third kappa shape index (κ3) is 21.9. The van der Waals surface area contributed by atoms with Gasteiger partial charge in [-0.05, 0) is 54.4 Å². The molecule has 13 heteroatoms. The molecule has 0 atom stereocenters. The molecule has 0 unspecified atom stereocenters. The normalized spacial score (nSPS) is 12.9. The molecular formula is C6H12Cl6S5Si2. The predicted octanol–water partition coefficient (Wildman–Crippen LogP) is 8.40. The molecule has 0 aliphatic carbocycles. The van der Waals surface area contributed by atoms with Crippen molar-refractivity contribution >= 4 is 130 Å². The molecule has 0 rings (SSSR count). The van der Waals surface area contributed by atoms with E-state index in [0.717, 1.165) is 36.4 Å². The first kappa shape index (κ1) is 22.9. The lowest BCUT2D eigenvalue weighted by Crippen LogP contribution is -2.08. The van der Waals surface area contributed by atoms with Gasteiger partial charge in [0, 0.05) is 11.5 Å². The summed E-state index contributed by atoms with van der Waals surface area (Å²) in [6, 6.07) is -3.36. The molecule has 0 amide bonds. The van der Waals surface area contributed by atoms with E-state index in [-0.39, 0.29) is 0 Å². The molecule has 19 heavy (non-hydrogen) atoms. The lowest BCUT2D eigenvalue weighted by molar-refractivity contribution is 1.10. The lowest BCUT2D eigenvalue weighted by atomic mass is 10.6. The highest BCUT2D eigenvalue weighted by atomic mass is 35.8. The summed E-state index contributed by atoms with van der Waals surface area (Å²) in [5.74, 6) is 2.03. The highest BCUT2D eigenvalue weighted by molar-refractivity contribution is 9.35. The van der Waals surface area contributed by atoms with Gasteiger partial charge in [0.05, 0.1) is 0 Å². The fourth-order valence-corrected chi connectivity index (χ4v) is 13.7. The first-order chi connectivity index (χ1) is 8.71. The SMILES string of the molecule is Cl[Si](Cl)(Cl)CCCSSSSSCCC[Si](Cl)(Cl)Cl. The Balaban J connectivity index is 3.12. The van der Waals surface area contributed by atoms with Crippen molar-refractivity contribution in [3.63, 3.8) is 0 Å². The monoisotopic (exact) mass is 510 g/mol. The molecule has 0 radical (unpaired) electrons. The summed E-state index contributed by atoms with van der Waals surface area (Å²) in [6.07, 6.45) is 1.93. The van der Waals surface area contributed by atoms with Gasteiger partial charge in [0.1, 0.15) is 0 Å². The van der Waals surface area contributed by atoms with Crippen LogP contribution in [0.2, 0.25) is 12.1 Å². The van der Waals surface area contributed by atoms with E-state index in [9.17, 15) is 0 Å². The van der Waals surface area contributed by atoms with Crippen LogP contribution >= 0.6 is 118 Å². The predicted molar refractivity (Wildman–Crippen MR) is 113 cm³/mol. The van der Waals surface area contributed by atoms with E-state index in [0.29, 0.717) is 0 Å². The Morgan fingerprint density at radius 1 is 0.579 bits per heavy atom. The van der Waals surface area contributed by atoms with Crippen molar-refractivity contribution in [1.29, 1.82) is 0 Å². The fraction of sp³-hybridized carbons (Fsp3) is 1.00. The van der Waals surface area contributed by atoms with Crippen molar-refractivity contribution in [3.05, 3.63) is 0 Å². The molecule has 0 N–H and O–H groups in total. The van der Waals surface area contributed by atoms with Crippen molar-refractivity contribution in [2.24, 2.45) is 0 Å². The maximum absolute atomic E-state index is 5.79. The van der Waals surface area contributed by atoms with Crippen molar-refractivity contribution in [3.8, 4) is 0 Å². The highest BCUT2D eigenvalue weighted by Crippen LogP contribution is 2.49. The molecule has 0 nitrogen and oxygen atoms in total. The minimum Gasteiger partial charge on any atom is -0.126 e. The highest BCUT2D eigenvalue weighted by Gasteiger charge is 2.24. The summed E-state index contributed by atoms with van der Waals surface area (Å²) >= 11 is 34.8. The van der Waals surface area contributed by atoms with Gasteiger partial charge in [0.15, 0.2) is 0 Å². The Morgan fingerprint density at radius 2 is 0.947 bits per heavy atom. The smallest absolute Gasteiger partial charge is 0.126 e. The third-order valence-corrected chi connectivity index (χ3v) is 15.6. The van der Waals surface area contributed by atoms with Gasteiger partial charge < -0.3 is 0 Å². The maximum Gasteiger partial charge on any atom is 0.341 e. The quantitative estimate of drug-likeness (QED) is 0.111. The molecule has 0 heterocycles. The van der Waals surface area contributed by atoms with E-state index in [2.05, 4.69) is 0 Å². The zero-order valence-electron chi connectivity index (χ0n) is 9.55. The minimum absolute atomic E-state index is 0.735. The molecule has 0 aromatic carbocycles. The van der Waals surface area contributed by atoms with Gasteiger partial charge in [-0.2, -0.15) is 0 Å². The molecular weight excluding hydrogens is 501 g/mol. The van der Waals surface area contributed by atoms with E-state index in [1.807, 2.05) is 0 Å². The average molecular weight is 513 g/mol. The molecule has 0 fully saturated rings. The molecule has 0 aromatic heterocycles. The topological polar surface area (TPSA) is 0 Å². The summed E-state index contributed by atoms with van der Waals surface area (Å²) in [6.45, 7) is 0. The zero-order valence-corrected chi connectivity index (χ0v) is 20.2. The largest absolute Gasteiger partial charge is 0.341 e. The summed E-state index contributed by atoms with van der Waals surface area (Å²) in [4.78, 5) is 0. The Kier molecular flexibility index (Phi) is 16.0. The Hall–Kier alpha value is 3.92. The van der Waals surface area contributed by atoms with Gasteiger partial charge in [-0.15, -0.1) is 66.5 Å². The van der Waals surface area contributed by atoms with Gasteiger partial charge in [0.2, 0.25) is 0 Å². The maximum atomic E-state index is 5.79.